The highest BCUT2D eigenvalue weighted by atomic mass is 35.5. The van der Waals surface area contributed by atoms with E-state index in [0.717, 1.165) is 13.1 Å². The summed E-state index contributed by atoms with van der Waals surface area (Å²) in [6.07, 6.45) is 0. The molecule has 1 saturated heterocycles. The van der Waals surface area contributed by atoms with Gasteiger partial charge in [0.2, 0.25) is 0 Å². The van der Waals surface area contributed by atoms with Crippen LogP contribution in [-0.4, -0.2) is 43.7 Å². The smallest absolute Gasteiger partial charge is 0.287 e. The van der Waals surface area contributed by atoms with Crippen molar-refractivity contribution in [3.63, 3.8) is 0 Å². The number of carbonyl (C=O) groups is 1. The van der Waals surface area contributed by atoms with E-state index in [2.05, 4.69) is 22.3 Å². The van der Waals surface area contributed by atoms with E-state index >= 15 is 0 Å². The van der Waals surface area contributed by atoms with Gasteiger partial charge in [0.25, 0.3) is 5.91 Å². The molecule has 1 aliphatic rings. The Morgan fingerprint density at radius 2 is 1.91 bits per heavy atom. The normalized spacial score (nSPS) is 16.9. The molecular weight excluding hydrogens is 316 g/mol. The number of amides is 1. The lowest BCUT2D eigenvalue weighted by Gasteiger charge is -2.34. The minimum atomic E-state index is -0.258. The Hall–Kier alpha value is -1.82. The highest BCUT2D eigenvalue weighted by molar-refractivity contribution is 6.29. The minimum Gasteiger partial charge on any atom is -0.440 e. The van der Waals surface area contributed by atoms with Crippen LogP contribution in [0.25, 0.3) is 0 Å². The Morgan fingerprint density at radius 3 is 2.57 bits per heavy atom. The lowest BCUT2D eigenvalue weighted by Crippen LogP contribution is -2.43. The fourth-order valence-corrected chi connectivity index (χ4v) is 2.88. The number of rotatable bonds is 5. The van der Waals surface area contributed by atoms with E-state index in [1.54, 1.807) is 12.1 Å². The maximum atomic E-state index is 12.2. The highest BCUT2D eigenvalue weighted by Gasteiger charge is 2.23. The monoisotopic (exact) mass is 334 g/mol. The standard InChI is InChI=1S/C17H19ClN2O3/c18-16-7-6-15(23-16)17(21)19-12-14(13-4-2-1-3-5-13)20-8-10-22-11-9-20/h1-7,14H,8-12H2,(H,19,21). The van der Waals surface area contributed by atoms with Crippen molar-refractivity contribution in [1.29, 1.82) is 0 Å². The average Bonchev–Trinajstić information content (AvgIpc) is 3.03. The number of benzene rings is 1. The zero-order valence-electron chi connectivity index (χ0n) is 12.7. The number of hydrogen-bond acceptors (Lipinski definition) is 4. The minimum absolute atomic E-state index is 0.106. The molecule has 1 amide bonds. The van der Waals surface area contributed by atoms with Gasteiger partial charge in [-0.3, -0.25) is 9.69 Å². The Labute approximate surface area is 140 Å². The molecule has 0 bridgehead atoms. The Bertz CT molecular complexity index is 638. The van der Waals surface area contributed by atoms with Crippen molar-refractivity contribution in [2.45, 2.75) is 6.04 Å². The van der Waals surface area contributed by atoms with Crippen LogP contribution in [0.15, 0.2) is 46.9 Å². The van der Waals surface area contributed by atoms with Gasteiger partial charge in [0.1, 0.15) is 0 Å². The largest absolute Gasteiger partial charge is 0.440 e. The molecule has 1 aliphatic heterocycles. The molecule has 1 atom stereocenters. The molecular formula is C17H19ClN2O3. The van der Waals surface area contributed by atoms with Crippen LogP contribution in [0.4, 0.5) is 0 Å². The molecule has 0 aliphatic carbocycles. The van der Waals surface area contributed by atoms with Crippen molar-refractivity contribution in [3.05, 3.63) is 59.0 Å². The van der Waals surface area contributed by atoms with Crippen molar-refractivity contribution in [1.82, 2.24) is 10.2 Å². The first-order valence-corrected chi connectivity index (χ1v) is 8.02. The number of hydrogen-bond donors (Lipinski definition) is 1. The lowest BCUT2D eigenvalue weighted by atomic mass is 10.0. The van der Waals surface area contributed by atoms with Crippen LogP contribution in [0.2, 0.25) is 5.22 Å². The number of morpholine rings is 1. The third kappa shape index (κ3) is 4.13. The summed E-state index contributed by atoms with van der Waals surface area (Å²) in [6.45, 7) is 3.63. The third-order valence-corrected chi connectivity index (χ3v) is 4.13. The van der Waals surface area contributed by atoms with Crippen molar-refractivity contribution in [2.24, 2.45) is 0 Å². The maximum absolute atomic E-state index is 12.2. The van der Waals surface area contributed by atoms with Crippen LogP contribution in [0.5, 0.6) is 0 Å². The summed E-state index contributed by atoms with van der Waals surface area (Å²) in [5.74, 6) is -0.0325. The Morgan fingerprint density at radius 1 is 1.17 bits per heavy atom. The topological polar surface area (TPSA) is 54.7 Å². The molecule has 5 nitrogen and oxygen atoms in total. The van der Waals surface area contributed by atoms with Crippen LogP contribution >= 0.6 is 11.6 Å². The molecule has 1 aromatic carbocycles. The maximum Gasteiger partial charge on any atom is 0.287 e. The van der Waals surface area contributed by atoms with Gasteiger partial charge in [0.15, 0.2) is 11.0 Å². The van der Waals surface area contributed by atoms with Gasteiger partial charge in [0.05, 0.1) is 19.3 Å². The highest BCUT2D eigenvalue weighted by Crippen LogP contribution is 2.21. The number of ether oxygens (including phenoxy) is 1. The van der Waals surface area contributed by atoms with Crippen molar-refractivity contribution in [2.75, 3.05) is 32.8 Å². The molecule has 1 fully saturated rings. The van der Waals surface area contributed by atoms with E-state index in [9.17, 15) is 4.79 Å². The van der Waals surface area contributed by atoms with E-state index in [0.29, 0.717) is 19.8 Å². The van der Waals surface area contributed by atoms with Crippen LogP contribution in [0.3, 0.4) is 0 Å². The molecule has 122 valence electrons. The molecule has 1 aromatic heterocycles. The van der Waals surface area contributed by atoms with E-state index in [1.807, 2.05) is 18.2 Å². The molecule has 2 heterocycles. The molecule has 23 heavy (non-hydrogen) atoms. The number of furan rings is 1. The summed E-state index contributed by atoms with van der Waals surface area (Å²) in [4.78, 5) is 14.5. The SMILES string of the molecule is O=C(NCC(c1ccccc1)N1CCOCC1)c1ccc(Cl)o1. The number of nitrogens with zero attached hydrogens (tertiary/aromatic N) is 1. The predicted molar refractivity (Wildman–Crippen MR) is 87.6 cm³/mol. The summed E-state index contributed by atoms with van der Waals surface area (Å²) in [6, 6.07) is 13.4. The summed E-state index contributed by atoms with van der Waals surface area (Å²) < 4.78 is 10.6. The molecule has 3 rings (SSSR count). The first-order chi connectivity index (χ1) is 11.2. The van der Waals surface area contributed by atoms with E-state index in [-0.39, 0.29) is 22.9 Å². The summed E-state index contributed by atoms with van der Waals surface area (Å²) >= 11 is 5.72. The predicted octanol–water partition coefficient (Wildman–Crippen LogP) is 2.74. The fourth-order valence-electron chi connectivity index (χ4n) is 2.73. The lowest BCUT2D eigenvalue weighted by molar-refractivity contribution is 0.0161. The summed E-state index contributed by atoms with van der Waals surface area (Å²) in [5, 5.41) is 3.15. The van der Waals surface area contributed by atoms with Gasteiger partial charge in [-0.1, -0.05) is 30.3 Å². The molecule has 1 unspecified atom stereocenters. The zero-order chi connectivity index (χ0) is 16.1. The van der Waals surface area contributed by atoms with Gasteiger partial charge < -0.3 is 14.5 Å². The zero-order valence-corrected chi connectivity index (χ0v) is 13.5. The second-order valence-corrected chi connectivity index (χ2v) is 5.76. The van der Waals surface area contributed by atoms with Gasteiger partial charge in [-0.05, 0) is 29.3 Å². The van der Waals surface area contributed by atoms with Crippen molar-refractivity contribution in [3.8, 4) is 0 Å². The van der Waals surface area contributed by atoms with Crippen molar-refractivity contribution >= 4 is 17.5 Å². The van der Waals surface area contributed by atoms with E-state index < -0.39 is 0 Å². The number of carbonyl (C=O) groups excluding carboxylic acids is 1. The van der Waals surface area contributed by atoms with Crippen LogP contribution in [-0.2, 0) is 4.74 Å². The van der Waals surface area contributed by atoms with E-state index in [4.69, 9.17) is 20.8 Å². The number of halogens is 1. The molecule has 1 N–H and O–H groups in total. The molecule has 0 saturated carbocycles. The molecule has 0 radical (unpaired) electrons. The second kappa shape index (κ2) is 7.64. The Balaban J connectivity index is 1.69. The first kappa shape index (κ1) is 16.1. The molecule has 0 spiro atoms. The van der Waals surface area contributed by atoms with Crippen LogP contribution in [0, 0.1) is 0 Å². The van der Waals surface area contributed by atoms with Gasteiger partial charge in [0, 0.05) is 19.6 Å². The second-order valence-electron chi connectivity index (χ2n) is 5.39. The first-order valence-electron chi connectivity index (χ1n) is 7.64. The van der Waals surface area contributed by atoms with Gasteiger partial charge in [-0.2, -0.15) is 0 Å². The molecule has 6 heteroatoms. The quantitative estimate of drug-likeness (QED) is 0.913. The summed E-state index contributed by atoms with van der Waals surface area (Å²) in [7, 11) is 0. The summed E-state index contributed by atoms with van der Waals surface area (Å²) in [5.41, 5.74) is 1.17. The van der Waals surface area contributed by atoms with Gasteiger partial charge >= 0.3 is 0 Å². The van der Waals surface area contributed by atoms with Gasteiger partial charge in [-0.25, -0.2) is 0 Å². The average molecular weight is 335 g/mol. The third-order valence-electron chi connectivity index (χ3n) is 3.92. The van der Waals surface area contributed by atoms with Crippen molar-refractivity contribution < 1.29 is 13.9 Å². The van der Waals surface area contributed by atoms with Crippen LogP contribution < -0.4 is 5.32 Å². The van der Waals surface area contributed by atoms with E-state index in [1.165, 1.54) is 5.56 Å². The van der Waals surface area contributed by atoms with Crippen LogP contribution in [0.1, 0.15) is 22.2 Å². The number of nitrogens with one attached hydrogen (secondary N) is 1. The molecule has 2 aromatic rings. The Kier molecular flexibility index (Phi) is 5.33. The van der Waals surface area contributed by atoms with Gasteiger partial charge in [-0.15, -0.1) is 0 Å². The fraction of sp³-hybridized carbons (Fsp3) is 0.353.